The van der Waals surface area contributed by atoms with E-state index in [1.54, 1.807) is 13.0 Å². The topological polar surface area (TPSA) is 94.9 Å². The minimum Gasteiger partial charge on any atom is -0.481 e. The number of thioether (sulfide) groups is 2. The highest BCUT2D eigenvalue weighted by molar-refractivity contribution is 8.22. The minimum atomic E-state index is -1.16. The van der Waals surface area contributed by atoms with Gasteiger partial charge in [-0.25, -0.2) is 4.79 Å². The number of rotatable bonds is 5. The first-order valence-corrected chi connectivity index (χ1v) is 7.32. The first kappa shape index (κ1) is 14.0. The van der Waals surface area contributed by atoms with E-state index in [1.807, 2.05) is 0 Å². The van der Waals surface area contributed by atoms with Crippen LogP contribution >= 0.6 is 23.5 Å². The second kappa shape index (κ2) is 5.30. The Labute approximate surface area is 117 Å². The second-order valence-corrected chi connectivity index (χ2v) is 6.28. The van der Waals surface area contributed by atoms with Crippen molar-refractivity contribution in [2.45, 2.75) is 18.7 Å². The maximum absolute atomic E-state index is 11.8. The number of aliphatic carboxylic acids is 2. The number of amides is 1. The smallest absolute Gasteiger partial charge is 0.354 e. The monoisotopic (exact) mass is 301 g/mol. The Balaban J connectivity index is 2.15. The van der Waals surface area contributed by atoms with E-state index >= 15 is 0 Å². The number of hydrogen-bond acceptors (Lipinski definition) is 5. The first-order valence-electron chi connectivity index (χ1n) is 5.46. The summed E-state index contributed by atoms with van der Waals surface area (Å²) in [5.74, 6) is -2.09. The van der Waals surface area contributed by atoms with Crippen LogP contribution in [0, 0.1) is 0 Å². The zero-order valence-electron chi connectivity index (χ0n) is 9.95. The number of fused-ring (bicyclic) bond motifs is 1. The molecule has 6 nitrogen and oxygen atoms in total. The third-order valence-electron chi connectivity index (χ3n) is 2.68. The quantitative estimate of drug-likeness (QED) is 0.584. The molecule has 102 valence electrons. The first-order chi connectivity index (χ1) is 8.97. The highest BCUT2D eigenvalue weighted by Crippen LogP contribution is 2.52. The van der Waals surface area contributed by atoms with Crippen molar-refractivity contribution >= 4 is 41.4 Å². The third-order valence-corrected chi connectivity index (χ3v) is 5.28. The third kappa shape index (κ3) is 2.37. The molecule has 0 aromatic carbocycles. The normalized spacial score (nSPS) is 23.6. The van der Waals surface area contributed by atoms with Crippen LogP contribution in [0.5, 0.6) is 0 Å². The highest BCUT2D eigenvalue weighted by Gasteiger charge is 2.52. The van der Waals surface area contributed by atoms with Gasteiger partial charge in [-0.1, -0.05) is 17.8 Å². The molecule has 2 rings (SSSR count). The van der Waals surface area contributed by atoms with E-state index in [9.17, 15) is 19.5 Å². The molecule has 0 spiro atoms. The fraction of sp³-hybridized carbons (Fsp3) is 0.364. The van der Waals surface area contributed by atoms with Crippen molar-refractivity contribution < 1.29 is 24.6 Å². The van der Waals surface area contributed by atoms with Crippen molar-refractivity contribution in [3.63, 3.8) is 0 Å². The van der Waals surface area contributed by atoms with Crippen LogP contribution in [0.3, 0.4) is 0 Å². The lowest BCUT2D eigenvalue weighted by molar-refractivity contribution is -0.141. The zero-order valence-corrected chi connectivity index (χ0v) is 11.6. The van der Waals surface area contributed by atoms with Gasteiger partial charge in [-0.05, 0) is 6.92 Å². The minimum absolute atomic E-state index is 0.0269. The molecule has 0 radical (unpaired) electrons. The lowest BCUT2D eigenvalue weighted by Gasteiger charge is -2.36. The maximum Gasteiger partial charge on any atom is 0.354 e. The van der Waals surface area contributed by atoms with Gasteiger partial charge in [0.2, 0.25) is 0 Å². The summed E-state index contributed by atoms with van der Waals surface area (Å²) < 4.78 is 0.504. The lowest BCUT2D eigenvalue weighted by Crippen LogP contribution is -2.51. The van der Waals surface area contributed by atoms with E-state index in [2.05, 4.69) is 0 Å². The Kier molecular flexibility index (Phi) is 3.91. The Morgan fingerprint density at radius 1 is 1.47 bits per heavy atom. The summed E-state index contributed by atoms with van der Waals surface area (Å²) in [6, 6.07) is 0. The van der Waals surface area contributed by atoms with E-state index in [1.165, 1.54) is 28.4 Å². The van der Waals surface area contributed by atoms with Gasteiger partial charge in [0.15, 0.2) is 5.70 Å². The van der Waals surface area contributed by atoms with Crippen molar-refractivity contribution in [1.82, 2.24) is 4.90 Å². The Morgan fingerprint density at radius 3 is 2.68 bits per heavy atom. The molecule has 8 heteroatoms. The van der Waals surface area contributed by atoms with Crippen molar-refractivity contribution in [2.24, 2.45) is 0 Å². The van der Waals surface area contributed by atoms with Crippen LogP contribution in [0.15, 0.2) is 21.6 Å². The van der Waals surface area contributed by atoms with E-state index in [-0.39, 0.29) is 29.2 Å². The molecule has 0 aromatic heterocycles. The Hall–Kier alpha value is -1.41. The summed E-state index contributed by atoms with van der Waals surface area (Å²) in [7, 11) is 0. The summed E-state index contributed by atoms with van der Waals surface area (Å²) in [6.45, 7) is 1.74. The van der Waals surface area contributed by atoms with Crippen molar-refractivity contribution in [1.29, 1.82) is 0 Å². The average Bonchev–Trinajstić information content (AvgIpc) is 2.65. The predicted octanol–water partition coefficient (Wildman–Crippen LogP) is 1.31. The predicted molar refractivity (Wildman–Crippen MR) is 71.4 cm³/mol. The van der Waals surface area contributed by atoms with Crippen LogP contribution in [0.4, 0.5) is 0 Å². The van der Waals surface area contributed by atoms with E-state index in [0.29, 0.717) is 9.81 Å². The Bertz CT molecular complexity index is 525. The van der Waals surface area contributed by atoms with E-state index in [4.69, 9.17) is 5.11 Å². The van der Waals surface area contributed by atoms with Gasteiger partial charge in [0.1, 0.15) is 5.37 Å². The van der Waals surface area contributed by atoms with Crippen molar-refractivity contribution in [2.75, 3.05) is 5.75 Å². The van der Waals surface area contributed by atoms with Gasteiger partial charge in [-0.15, -0.1) is 11.8 Å². The molecule has 2 heterocycles. The van der Waals surface area contributed by atoms with Crippen LogP contribution in [0.25, 0.3) is 0 Å². The molecule has 2 aliphatic rings. The highest BCUT2D eigenvalue weighted by atomic mass is 32.2. The largest absolute Gasteiger partial charge is 0.481 e. The molecule has 0 unspecified atom stereocenters. The molecule has 1 saturated heterocycles. The molecule has 2 N–H and O–H groups in total. The molecule has 1 fully saturated rings. The standard InChI is InChI=1S/C11H11NO5S2/c1-2-5-8(15)12-7(10(16)17)11(19-9(5)12)18-4-3-6(13)14/h2,9H,3-4H2,1H3,(H,13,14)(H,16,17)/t9-/m1/s1. The molecule has 1 amide bonds. The van der Waals surface area contributed by atoms with Crippen LogP contribution in [-0.4, -0.2) is 44.1 Å². The number of carbonyl (C=O) groups excluding carboxylic acids is 1. The van der Waals surface area contributed by atoms with Gasteiger partial charge in [-0.2, -0.15) is 0 Å². The summed E-state index contributed by atoms with van der Waals surface area (Å²) >= 11 is 2.46. The molecule has 0 aromatic rings. The summed E-state index contributed by atoms with van der Waals surface area (Å²) in [4.78, 5) is 34.7. The lowest BCUT2D eigenvalue weighted by atomic mass is 10.1. The summed E-state index contributed by atoms with van der Waals surface area (Å²) in [5.41, 5.74) is 0.568. The number of β-lactam (4-membered cyclic amide) rings is 1. The molecule has 0 bridgehead atoms. The van der Waals surface area contributed by atoms with Gasteiger partial charge in [0.05, 0.1) is 10.7 Å². The number of allylic oxidation sites excluding steroid dienone is 1. The summed E-state index contributed by atoms with van der Waals surface area (Å²) in [6.07, 6.45) is 1.64. The van der Waals surface area contributed by atoms with Crippen molar-refractivity contribution in [3.05, 3.63) is 21.6 Å². The molecule has 0 aliphatic carbocycles. The van der Waals surface area contributed by atoms with Crippen LogP contribution in [0.2, 0.25) is 0 Å². The molecule has 19 heavy (non-hydrogen) atoms. The van der Waals surface area contributed by atoms with Crippen LogP contribution in [0.1, 0.15) is 13.3 Å². The molecule has 1 atom stereocenters. The molecular formula is C11H11NO5S2. The fourth-order valence-corrected chi connectivity index (χ4v) is 4.56. The number of nitrogens with zero attached hydrogens (tertiary/aromatic N) is 1. The maximum atomic E-state index is 11.8. The van der Waals surface area contributed by atoms with Gasteiger partial charge >= 0.3 is 11.9 Å². The van der Waals surface area contributed by atoms with Crippen LogP contribution in [-0.2, 0) is 14.4 Å². The average molecular weight is 301 g/mol. The Morgan fingerprint density at radius 2 is 2.16 bits per heavy atom. The SMILES string of the molecule is CC=C1C(=O)N2C(C(=O)O)=C(SCCC(=O)O)S[C@H]12. The van der Waals surface area contributed by atoms with Crippen molar-refractivity contribution in [3.8, 4) is 0 Å². The second-order valence-electron chi connectivity index (χ2n) is 3.82. The molecule has 0 saturated carbocycles. The summed E-state index contributed by atoms with van der Waals surface area (Å²) in [5, 5.41) is 17.5. The van der Waals surface area contributed by atoms with E-state index < -0.39 is 11.9 Å². The van der Waals surface area contributed by atoms with Gasteiger partial charge < -0.3 is 10.2 Å². The number of carbonyl (C=O) groups is 3. The van der Waals surface area contributed by atoms with E-state index in [0.717, 1.165) is 0 Å². The number of hydrogen-bond donors (Lipinski definition) is 2. The van der Waals surface area contributed by atoms with Gasteiger partial charge in [-0.3, -0.25) is 14.5 Å². The zero-order chi connectivity index (χ0) is 14.2. The molecular weight excluding hydrogens is 290 g/mol. The fourth-order valence-electron chi connectivity index (χ4n) is 1.80. The molecule has 2 aliphatic heterocycles. The van der Waals surface area contributed by atoms with Gasteiger partial charge in [0.25, 0.3) is 5.91 Å². The van der Waals surface area contributed by atoms with Crippen LogP contribution < -0.4 is 0 Å². The number of carboxylic acids is 2. The van der Waals surface area contributed by atoms with Gasteiger partial charge in [0, 0.05) is 11.3 Å². The number of carboxylic acid groups (broad SMARTS) is 2.